The lowest BCUT2D eigenvalue weighted by atomic mass is 9.94. The van der Waals surface area contributed by atoms with E-state index in [1.54, 1.807) is 25.2 Å². The molecule has 0 aromatic heterocycles. The normalized spacial score (nSPS) is 17.4. The van der Waals surface area contributed by atoms with Gasteiger partial charge in [0.1, 0.15) is 6.54 Å². The zero-order valence-electron chi connectivity index (χ0n) is 19.5. The molecule has 2 aliphatic rings. The third-order valence-corrected chi connectivity index (χ3v) is 6.09. The smallest absolute Gasteiger partial charge is 0.322 e. The van der Waals surface area contributed by atoms with Gasteiger partial charge < -0.3 is 25.0 Å². The molecule has 0 aliphatic carbocycles. The van der Waals surface area contributed by atoms with Crippen molar-refractivity contribution in [2.45, 2.75) is 12.5 Å². The Morgan fingerprint density at radius 3 is 2.56 bits per heavy atom. The number of rotatable bonds is 8. The van der Waals surface area contributed by atoms with Crippen LogP contribution in [0.3, 0.4) is 0 Å². The molecule has 1 atom stereocenters. The third kappa shape index (κ3) is 4.41. The molecular weight excluding hydrogens is 436 g/mol. The van der Waals surface area contributed by atoms with Gasteiger partial charge >= 0.3 is 6.03 Å². The van der Waals surface area contributed by atoms with E-state index >= 15 is 0 Å². The van der Waals surface area contributed by atoms with Crippen LogP contribution in [-0.4, -0.2) is 68.5 Å². The number of urea groups is 1. The highest BCUT2D eigenvalue weighted by Crippen LogP contribution is 2.42. The molecular formula is C25H28N4O5. The highest BCUT2D eigenvalue weighted by molar-refractivity contribution is 6.03. The Balaban J connectivity index is 1.50. The van der Waals surface area contributed by atoms with E-state index in [2.05, 4.69) is 10.6 Å². The molecule has 4 amide bonds. The van der Waals surface area contributed by atoms with Gasteiger partial charge in [-0.15, -0.1) is 0 Å². The minimum Gasteiger partial charge on any atom is -0.493 e. The number of hydrogen-bond donors (Lipinski definition) is 2. The van der Waals surface area contributed by atoms with Crippen LogP contribution in [0.2, 0.25) is 0 Å². The molecule has 9 nitrogen and oxygen atoms in total. The first kappa shape index (κ1) is 23.2. The summed E-state index contributed by atoms with van der Waals surface area (Å²) < 4.78 is 10.9. The molecule has 0 saturated carbocycles. The number of para-hydroxylation sites is 1. The maximum Gasteiger partial charge on any atom is 0.322 e. The van der Waals surface area contributed by atoms with Crippen molar-refractivity contribution in [3.8, 4) is 11.5 Å². The van der Waals surface area contributed by atoms with Crippen LogP contribution in [0.4, 0.5) is 4.79 Å². The van der Waals surface area contributed by atoms with E-state index in [9.17, 15) is 14.4 Å². The lowest BCUT2D eigenvalue weighted by molar-refractivity contribution is -0.131. The van der Waals surface area contributed by atoms with Crippen molar-refractivity contribution in [1.29, 1.82) is 0 Å². The number of hydrogen-bond acceptors (Lipinski definition) is 5. The second-order valence-electron chi connectivity index (χ2n) is 8.13. The Hall–Kier alpha value is -4.01. The van der Waals surface area contributed by atoms with Crippen molar-refractivity contribution >= 4 is 17.8 Å². The van der Waals surface area contributed by atoms with E-state index in [1.165, 1.54) is 24.0 Å². The fourth-order valence-corrected chi connectivity index (χ4v) is 4.34. The number of carbonyl (C=O) groups excluding carboxylic acids is 3. The van der Waals surface area contributed by atoms with Gasteiger partial charge in [-0.3, -0.25) is 14.5 Å². The number of methoxy groups -OCH3 is 2. The average Bonchev–Trinajstić information content (AvgIpc) is 3.17. The Morgan fingerprint density at radius 2 is 1.85 bits per heavy atom. The molecule has 2 aromatic rings. The number of nitrogens with zero attached hydrogens (tertiary/aromatic N) is 2. The number of benzene rings is 2. The molecule has 178 valence electrons. The van der Waals surface area contributed by atoms with E-state index in [-0.39, 0.29) is 30.9 Å². The van der Waals surface area contributed by atoms with Crippen LogP contribution in [0, 0.1) is 0 Å². The summed E-state index contributed by atoms with van der Waals surface area (Å²) in [7, 11) is 4.65. The second kappa shape index (κ2) is 9.86. The molecule has 34 heavy (non-hydrogen) atoms. The van der Waals surface area contributed by atoms with E-state index in [0.717, 1.165) is 5.56 Å². The third-order valence-electron chi connectivity index (χ3n) is 6.09. The lowest BCUT2D eigenvalue weighted by Crippen LogP contribution is -2.45. The van der Waals surface area contributed by atoms with Gasteiger partial charge in [-0.25, -0.2) is 4.79 Å². The molecule has 9 heteroatoms. The van der Waals surface area contributed by atoms with Gasteiger partial charge in [-0.1, -0.05) is 42.5 Å². The first-order chi connectivity index (χ1) is 16.4. The molecule has 4 rings (SSSR count). The van der Waals surface area contributed by atoms with Gasteiger partial charge in [0.15, 0.2) is 11.5 Å². The Labute approximate surface area is 198 Å². The van der Waals surface area contributed by atoms with E-state index in [1.807, 2.05) is 30.3 Å². The largest absolute Gasteiger partial charge is 0.493 e. The van der Waals surface area contributed by atoms with E-state index < -0.39 is 6.04 Å². The van der Waals surface area contributed by atoms with Gasteiger partial charge in [0.25, 0.3) is 5.91 Å². The molecule has 0 radical (unpaired) electrons. The molecule has 1 unspecified atom stereocenters. The van der Waals surface area contributed by atoms with Crippen LogP contribution < -0.4 is 20.1 Å². The summed E-state index contributed by atoms with van der Waals surface area (Å²) in [5, 5.41) is 5.75. The molecule has 2 aromatic carbocycles. The highest BCUT2D eigenvalue weighted by atomic mass is 16.5. The number of amides is 4. The summed E-state index contributed by atoms with van der Waals surface area (Å²) >= 11 is 0. The predicted octanol–water partition coefficient (Wildman–Crippen LogP) is 1.86. The van der Waals surface area contributed by atoms with Crippen LogP contribution in [-0.2, 0) is 16.0 Å². The van der Waals surface area contributed by atoms with Crippen molar-refractivity contribution in [2.75, 3.05) is 40.9 Å². The molecule has 2 N–H and O–H groups in total. The fourth-order valence-electron chi connectivity index (χ4n) is 4.34. The summed E-state index contributed by atoms with van der Waals surface area (Å²) in [5.74, 6) is 0.392. The Morgan fingerprint density at radius 1 is 1.09 bits per heavy atom. The van der Waals surface area contributed by atoms with Gasteiger partial charge in [0.05, 0.1) is 38.1 Å². The van der Waals surface area contributed by atoms with Gasteiger partial charge in [-0.05, 0) is 18.1 Å². The molecule has 0 saturated heterocycles. The van der Waals surface area contributed by atoms with Crippen LogP contribution in [0.25, 0.3) is 0 Å². The summed E-state index contributed by atoms with van der Waals surface area (Å²) in [6.45, 7) is 0.555. The van der Waals surface area contributed by atoms with E-state index in [0.29, 0.717) is 41.3 Å². The lowest BCUT2D eigenvalue weighted by Gasteiger charge is -2.31. The van der Waals surface area contributed by atoms with E-state index in [4.69, 9.17) is 9.47 Å². The monoisotopic (exact) mass is 464 g/mol. The first-order valence-electron chi connectivity index (χ1n) is 11.0. The molecule has 0 fully saturated rings. The van der Waals surface area contributed by atoms with Crippen molar-refractivity contribution in [2.24, 2.45) is 0 Å². The van der Waals surface area contributed by atoms with Crippen molar-refractivity contribution < 1.29 is 23.9 Å². The average molecular weight is 465 g/mol. The standard InChI is InChI=1S/C25H28N4O5/c1-28-18-14-29(15-20(30)26-13-12-16-8-5-4-6-9-16)24(31)21(18)22(27-25(28)32)17-10-7-11-19(33-2)23(17)34-3/h4-11,22H,12-15H2,1-3H3,(H,26,30)(H,27,32). The number of likely N-dealkylation sites (N-methyl/N-ethyl adjacent to an activating group) is 1. The zero-order valence-corrected chi connectivity index (χ0v) is 19.5. The Bertz CT molecular complexity index is 1130. The summed E-state index contributed by atoms with van der Waals surface area (Å²) in [4.78, 5) is 41.5. The maximum atomic E-state index is 13.4. The summed E-state index contributed by atoms with van der Waals surface area (Å²) in [5.41, 5.74) is 2.73. The topological polar surface area (TPSA) is 100 Å². The van der Waals surface area contributed by atoms with Crippen LogP contribution in [0.15, 0.2) is 59.8 Å². The highest BCUT2D eigenvalue weighted by Gasteiger charge is 2.44. The summed E-state index contributed by atoms with van der Waals surface area (Å²) in [6, 6.07) is 14.1. The predicted molar refractivity (Wildman–Crippen MR) is 125 cm³/mol. The Kier molecular flexibility index (Phi) is 6.72. The second-order valence-corrected chi connectivity index (χ2v) is 8.13. The zero-order chi connectivity index (χ0) is 24.2. The first-order valence-corrected chi connectivity index (χ1v) is 11.0. The number of nitrogens with one attached hydrogen (secondary N) is 2. The van der Waals surface area contributed by atoms with Crippen molar-refractivity contribution in [1.82, 2.24) is 20.4 Å². The molecule has 2 heterocycles. The van der Waals surface area contributed by atoms with Crippen LogP contribution >= 0.6 is 0 Å². The van der Waals surface area contributed by atoms with Crippen LogP contribution in [0.1, 0.15) is 17.2 Å². The van der Waals surface area contributed by atoms with Gasteiger partial charge in [-0.2, -0.15) is 0 Å². The molecule has 0 bridgehead atoms. The minimum atomic E-state index is -0.720. The quantitative estimate of drug-likeness (QED) is 0.621. The maximum absolute atomic E-state index is 13.4. The van der Waals surface area contributed by atoms with Crippen molar-refractivity contribution in [3.63, 3.8) is 0 Å². The SMILES string of the molecule is COc1cccc(C2NC(=O)N(C)C3=C2C(=O)N(CC(=O)NCCc2ccccc2)C3)c1OC. The van der Waals surface area contributed by atoms with Gasteiger partial charge in [0, 0.05) is 19.2 Å². The fraction of sp³-hybridized carbons (Fsp3) is 0.320. The molecule has 2 aliphatic heterocycles. The minimum absolute atomic E-state index is 0.0926. The van der Waals surface area contributed by atoms with Crippen LogP contribution in [0.5, 0.6) is 11.5 Å². The number of carbonyl (C=O) groups is 3. The summed E-state index contributed by atoms with van der Waals surface area (Å²) in [6.07, 6.45) is 0.703. The molecule has 0 spiro atoms. The number of ether oxygens (including phenoxy) is 2. The van der Waals surface area contributed by atoms with Crippen molar-refractivity contribution in [3.05, 3.63) is 70.9 Å². The van der Waals surface area contributed by atoms with Gasteiger partial charge in [0.2, 0.25) is 5.91 Å².